The number of aryl methyl sites for hydroxylation is 2. The van der Waals surface area contributed by atoms with Crippen molar-refractivity contribution in [3.8, 4) is 0 Å². The van der Waals surface area contributed by atoms with Crippen molar-refractivity contribution < 1.29 is 4.42 Å². The number of nitrogens with zero attached hydrogens (tertiary/aromatic N) is 2. The van der Waals surface area contributed by atoms with Gasteiger partial charge in [-0.25, -0.2) is 0 Å². The Kier molecular flexibility index (Phi) is 6.33. The fourth-order valence-corrected chi connectivity index (χ4v) is 1.72. The van der Waals surface area contributed by atoms with E-state index in [0.29, 0.717) is 0 Å². The maximum Gasteiger partial charge on any atom is 0.216 e. The topological polar surface area (TPSA) is 51.0 Å². The van der Waals surface area contributed by atoms with Crippen LogP contribution in [0.25, 0.3) is 0 Å². The Morgan fingerprint density at radius 1 is 1.00 bits per heavy atom. The van der Waals surface area contributed by atoms with E-state index in [1.165, 1.54) is 12.8 Å². The fraction of sp³-hybridized carbons (Fsp3) is 0.857. The zero-order valence-electron chi connectivity index (χ0n) is 12.3. The van der Waals surface area contributed by atoms with E-state index in [2.05, 4.69) is 43.2 Å². The fourth-order valence-electron chi connectivity index (χ4n) is 1.72. The summed E-state index contributed by atoms with van der Waals surface area (Å²) in [5.74, 6) is 1.57. The number of rotatable bonds is 8. The quantitative estimate of drug-likeness (QED) is 0.723. The molecule has 104 valence electrons. The lowest BCUT2D eigenvalue weighted by Gasteiger charge is -2.19. The van der Waals surface area contributed by atoms with E-state index in [4.69, 9.17) is 4.42 Å². The van der Waals surface area contributed by atoms with Crippen LogP contribution in [-0.2, 0) is 12.8 Å². The van der Waals surface area contributed by atoms with Gasteiger partial charge in [0.2, 0.25) is 11.8 Å². The van der Waals surface area contributed by atoms with Crippen LogP contribution in [0.2, 0.25) is 0 Å². The van der Waals surface area contributed by atoms with Crippen LogP contribution in [0.5, 0.6) is 0 Å². The van der Waals surface area contributed by atoms with Crippen LogP contribution in [0.1, 0.15) is 65.2 Å². The van der Waals surface area contributed by atoms with E-state index < -0.39 is 0 Å². The summed E-state index contributed by atoms with van der Waals surface area (Å²) in [6, 6.07) is 0. The first-order chi connectivity index (χ1) is 8.51. The third kappa shape index (κ3) is 6.74. The molecule has 4 heteroatoms. The average molecular weight is 253 g/mol. The third-order valence-corrected chi connectivity index (χ3v) is 2.73. The maximum atomic E-state index is 5.61. The number of hydrogen-bond acceptors (Lipinski definition) is 4. The van der Waals surface area contributed by atoms with Crippen LogP contribution < -0.4 is 5.32 Å². The molecule has 1 aromatic rings. The predicted molar refractivity (Wildman–Crippen MR) is 73.6 cm³/mol. The lowest BCUT2D eigenvalue weighted by Crippen LogP contribution is -2.36. The Bertz CT molecular complexity index is 328. The highest BCUT2D eigenvalue weighted by atomic mass is 16.4. The van der Waals surface area contributed by atoms with Crippen LogP contribution in [0.3, 0.4) is 0 Å². The van der Waals surface area contributed by atoms with E-state index in [9.17, 15) is 0 Å². The summed E-state index contributed by atoms with van der Waals surface area (Å²) in [6.07, 6.45) is 6.41. The van der Waals surface area contributed by atoms with Crippen LogP contribution in [-0.4, -0.2) is 22.3 Å². The maximum absolute atomic E-state index is 5.61. The zero-order valence-corrected chi connectivity index (χ0v) is 12.3. The molecule has 0 spiro atoms. The van der Waals surface area contributed by atoms with Gasteiger partial charge < -0.3 is 9.73 Å². The van der Waals surface area contributed by atoms with Crippen molar-refractivity contribution in [1.29, 1.82) is 0 Å². The molecule has 1 aromatic heterocycles. The Morgan fingerprint density at radius 3 is 2.17 bits per heavy atom. The molecule has 0 aliphatic carbocycles. The molecule has 0 radical (unpaired) electrons. The van der Waals surface area contributed by atoms with Crippen molar-refractivity contribution in [2.45, 2.75) is 71.8 Å². The summed E-state index contributed by atoms with van der Waals surface area (Å²) < 4.78 is 5.61. The number of aromatic nitrogens is 2. The molecule has 18 heavy (non-hydrogen) atoms. The highest BCUT2D eigenvalue weighted by Crippen LogP contribution is 2.07. The summed E-state index contributed by atoms with van der Waals surface area (Å²) in [5, 5.41) is 11.6. The van der Waals surface area contributed by atoms with Gasteiger partial charge in [-0.3, -0.25) is 0 Å². The van der Waals surface area contributed by atoms with Crippen molar-refractivity contribution in [1.82, 2.24) is 15.5 Å². The van der Waals surface area contributed by atoms with Crippen LogP contribution in [0, 0.1) is 0 Å². The molecule has 0 saturated carbocycles. The molecule has 4 nitrogen and oxygen atoms in total. The predicted octanol–water partition coefficient (Wildman–Crippen LogP) is 3.12. The van der Waals surface area contributed by atoms with Crippen LogP contribution in [0.15, 0.2) is 4.42 Å². The van der Waals surface area contributed by atoms with Gasteiger partial charge in [-0.1, -0.05) is 19.8 Å². The Balaban J connectivity index is 2.19. The van der Waals surface area contributed by atoms with Gasteiger partial charge >= 0.3 is 0 Å². The van der Waals surface area contributed by atoms with Crippen molar-refractivity contribution >= 4 is 0 Å². The van der Waals surface area contributed by atoms with Gasteiger partial charge in [0, 0.05) is 18.4 Å². The van der Waals surface area contributed by atoms with Crippen molar-refractivity contribution in [3.63, 3.8) is 0 Å². The molecule has 0 fully saturated rings. The van der Waals surface area contributed by atoms with Gasteiger partial charge in [0.15, 0.2) is 0 Å². The smallest absolute Gasteiger partial charge is 0.216 e. The van der Waals surface area contributed by atoms with E-state index in [1.54, 1.807) is 0 Å². The molecule has 0 saturated heterocycles. The van der Waals surface area contributed by atoms with Crippen molar-refractivity contribution in [2.24, 2.45) is 0 Å². The second-order valence-corrected chi connectivity index (χ2v) is 5.83. The largest absolute Gasteiger partial charge is 0.425 e. The molecule has 0 aliphatic rings. The second-order valence-electron chi connectivity index (χ2n) is 5.83. The molecule has 0 unspecified atom stereocenters. The molecule has 1 heterocycles. The van der Waals surface area contributed by atoms with Crippen molar-refractivity contribution in [2.75, 3.05) is 6.54 Å². The van der Waals surface area contributed by atoms with E-state index >= 15 is 0 Å². The van der Waals surface area contributed by atoms with Gasteiger partial charge in [0.05, 0.1) is 0 Å². The first-order valence-electron chi connectivity index (χ1n) is 7.07. The summed E-state index contributed by atoms with van der Waals surface area (Å²) in [6.45, 7) is 9.70. The van der Waals surface area contributed by atoms with E-state index in [1.807, 2.05) is 0 Å². The molecule has 0 amide bonds. The lowest BCUT2D eigenvalue weighted by atomic mass is 10.1. The SMILES string of the molecule is CCCCCc1nnc(CCCNC(C)(C)C)o1. The van der Waals surface area contributed by atoms with Gasteiger partial charge in [-0.15, -0.1) is 10.2 Å². The highest BCUT2D eigenvalue weighted by Gasteiger charge is 2.09. The molecular formula is C14H27N3O. The molecule has 1 N–H and O–H groups in total. The Hall–Kier alpha value is -0.900. The van der Waals surface area contributed by atoms with E-state index in [0.717, 1.165) is 44.0 Å². The van der Waals surface area contributed by atoms with Gasteiger partial charge in [0.25, 0.3) is 0 Å². The first kappa shape index (κ1) is 15.2. The van der Waals surface area contributed by atoms with Crippen molar-refractivity contribution in [3.05, 3.63) is 11.8 Å². The number of hydrogen-bond donors (Lipinski definition) is 1. The number of unbranched alkanes of at least 4 members (excludes halogenated alkanes) is 2. The summed E-state index contributed by atoms with van der Waals surface area (Å²) in [4.78, 5) is 0. The monoisotopic (exact) mass is 253 g/mol. The third-order valence-electron chi connectivity index (χ3n) is 2.73. The van der Waals surface area contributed by atoms with Crippen LogP contribution >= 0.6 is 0 Å². The van der Waals surface area contributed by atoms with Crippen LogP contribution in [0.4, 0.5) is 0 Å². The minimum Gasteiger partial charge on any atom is -0.425 e. The minimum atomic E-state index is 0.181. The van der Waals surface area contributed by atoms with Gasteiger partial charge in [-0.05, 0) is 40.2 Å². The second kappa shape index (κ2) is 7.52. The normalized spacial score (nSPS) is 12.0. The summed E-state index contributed by atoms with van der Waals surface area (Å²) >= 11 is 0. The molecular weight excluding hydrogens is 226 g/mol. The van der Waals surface area contributed by atoms with Gasteiger partial charge in [-0.2, -0.15) is 0 Å². The molecule has 0 atom stereocenters. The molecule has 0 aliphatic heterocycles. The highest BCUT2D eigenvalue weighted by molar-refractivity contribution is 4.83. The Labute approximate surface area is 111 Å². The first-order valence-corrected chi connectivity index (χ1v) is 7.07. The minimum absolute atomic E-state index is 0.181. The zero-order chi connectivity index (χ0) is 13.4. The van der Waals surface area contributed by atoms with E-state index in [-0.39, 0.29) is 5.54 Å². The summed E-state index contributed by atoms with van der Waals surface area (Å²) in [5.41, 5.74) is 0.181. The molecule has 0 bridgehead atoms. The number of nitrogens with one attached hydrogen (secondary N) is 1. The molecule has 1 rings (SSSR count). The average Bonchev–Trinajstić information content (AvgIpc) is 2.72. The Morgan fingerprint density at radius 2 is 1.61 bits per heavy atom. The molecule has 0 aromatic carbocycles. The standard InChI is InChI=1S/C14H27N3O/c1-5-6-7-9-12-16-17-13(18-12)10-8-11-15-14(2,3)4/h15H,5-11H2,1-4H3. The van der Waals surface area contributed by atoms with Gasteiger partial charge in [0.1, 0.15) is 0 Å². The lowest BCUT2D eigenvalue weighted by molar-refractivity contribution is 0.403. The summed E-state index contributed by atoms with van der Waals surface area (Å²) in [7, 11) is 0.